The lowest BCUT2D eigenvalue weighted by Crippen LogP contribution is -1.92. The summed E-state index contributed by atoms with van der Waals surface area (Å²) in [6.07, 6.45) is 6.17. The van der Waals surface area contributed by atoms with Gasteiger partial charge in [0.05, 0.1) is 17.1 Å². The van der Waals surface area contributed by atoms with Gasteiger partial charge >= 0.3 is 0 Å². The minimum atomic E-state index is 0.986. The van der Waals surface area contributed by atoms with E-state index >= 15 is 0 Å². The standard InChI is InChI=1S/3C41H25NS/c1-2-12-27(13-3-1)38-30-15-6-8-17-32(30)39(33-18-9-7-16-31(33)38)28-21-23-35(42-25-28)34-19-10-20-36-41(34)40-29-14-5-4-11-26(29)22-24-37(40)43-36;1-2-11-27(12-3-1)39-31-14-6-8-16-33(31)40(34-17-9-7-15-32(34)39)29-18-21-36(42-25-29)28-20-22-37-35(24-28)41-30-13-5-4-10-26(30)19-23-38(41)43-37;1-2-11-27(12-3-1)39-31-14-6-8-16-33(31)40(34-17-9-7-15-32(34)39)29-19-22-36(42-25-29)28-18-21-35-38(24-28)43-37-23-20-26-10-4-5-13-30(26)41(35)37/h3*1-25H. The summed E-state index contributed by atoms with van der Waals surface area (Å²) in [5, 5.41) is 30.7. The summed E-state index contributed by atoms with van der Waals surface area (Å²) in [6.45, 7) is 0. The van der Waals surface area contributed by atoms with Gasteiger partial charge in [0.2, 0.25) is 0 Å². The van der Waals surface area contributed by atoms with Crippen LogP contribution in [0.25, 0.3) is 258 Å². The molecular formula is C123H75N3S3. The van der Waals surface area contributed by atoms with Crippen LogP contribution in [-0.4, -0.2) is 15.0 Å². The zero-order valence-corrected chi connectivity index (χ0v) is 72.3. The smallest absolute Gasteiger partial charge is 0.0709 e. The van der Waals surface area contributed by atoms with Gasteiger partial charge in [0.1, 0.15) is 0 Å². The minimum Gasteiger partial charge on any atom is -0.256 e. The summed E-state index contributed by atoms with van der Waals surface area (Å²) >= 11 is 5.58. The lowest BCUT2D eigenvalue weighted by atomic mass is 9.86. The highest BCUT2D eigenvalue weighted by molar-refractivity contribution is 7.27. The highest BCUT2D eigenvalue weighted by Gasteiger charge is 2.24. The predicted octanol–water partition coefficient (Wildman–Crippen LogP) is 35.7. The van der Waals surface area contributed by atoms with Gasteiger partial charge in [-0.05, 0) is 208 Å². The van der Waals surface area contributed by atoms with Gasteiger partial charge in [-0.2, -0.15) is 0 Å². The first-order chi connectivity index (χ1) is 64.0. The van der Waals surface area contributed by atoms with Gasteiger partial charge in [0, 0.05) is 112 Å². The topological polar surface area (TPSA) is 38.7 Å². The van der Waals surface area contributed by atoms with Gasteiger partial charge in [-0.1, -0.05) is 376 Å². The third-order valence-corrected chi connectivity index (χ3v) is 29.5. The predicted molar refractivity (Wildman–Crippen MR) is 558 cm³/mol. The summed E-state index contributed by atoms with van der Waals surface area (Å²) in [7, 11) is 0. The number of nitrogens with zero attached hydrogens (tertiary/aromatic N) is 3. The van der Waals surface area contributed by atoms with E-state index in [1.54, 1.807) is 0 Å². The Morgan fingerprint density at radius 3 is 0.798 bits per heavy atom. The molecule has 0 aliphatic carbocycles. The van der Waals surface area contributed by atoms with Crippen molar-refractivity contribution in [2.45, 2.75) is 0 Å². The maximum absolute atomic E-state index is 5.14. The van der Waals surface area contributed by atoms with Gasteiger partial charge in [-0.3, -0.25) is 15.0 Å². The number of hydrogen-bond donors (Lipinski definition) is 0. The van der Waals surface area contributed by atoms with Gasteiger partial charge in [-0.25, -0.2) is 0 Å². The van der Waals surface area contributed by atoms with Crippen molar-refractivity contribution in [3.8, 4) is 101 Å². The first-order valence-corrected chi connectivity index (χ1v) is 46.3. The normalized spacial score (nSPS) is 11.7. The SMILES string of the molecule is c1ccc(-c2c3ccccc3c(-c3ccc(-c4ccc5c(c4)sc4ccc6ccccc6c45)nc3)c3ccccc23)cc1.c1ccc(-c2c3ccccc3c(-c3ccc(-c4ccc5sc6ccc7ccccc7c6c5c4)nc3)c3ccccc23)cc1.c1ccc(-c2c3ccccc3c(-c3ccc(-c4cccc5sc6ccc7ccccc7c6c45)nc3)c3ccccc23)cc1. The van der Waals surface area contributed by atoms with Crippen LogP contribution in [-0.2, 0) is 0 Å². The summed E-state index contributed by atoms with van der Waals surface area (Å²) in [4.78, 5) is 15.2. The third kappa shape index (κ3) is 12.9. The summed E-state index contributed by atoms with van der Waals surface area (Å²) < 4.78 is 7.86. The molecule has 0 spiro atoms. The Labute approximate surface area is 756 Å². The number of rotatable bonds is 9. The van der Waals surface area contributed by atoms with Crippen LogP contribution in [0.5, 0.6) is 0 Å². The van der Waals surface area contributed by atoms with Crippen LogP contribution in [0.4, 0.5) is 0 Å². The van der Waals surface area contributed by atoms with Gasteiger partial charge < -0.3 is 0 Å². The molecule has 0 unspecified atom stereocenters. The summed E-state index contributed by atoms with van der Waals surface area (Å²) in [5.74, 6) is 0. The van der Waals surface area contributed by atoms with Crippen molar-refractivity contribution < 1.29 is 0 Å². The number of benzene rings is 21. The molecule has 0 N–H and O–H groups in total. The fraction of sp³-hybridized carbons (Fsp3) is 0. The molecule has 3 nitrogen and oxygen atoms in total. The highest BCUT2D eigenvalue weighted by Crippen LogP contribution is 2.51. The maximum Gasteiger partial charge on any atom is 0.0709 e. The van der Waals surface area contributed by atoms with Crippen LogP contribution in [0.15, 0.2) is 455 Å². The Balaban J connectivity index is 0.000000105. The zero-order valence-electron chi connectivity index (χ0n) is 69.9. The molecule has 27 aromatic rings. The number of fused-ring (bicyclic) bond motifs is 21. The molecule has 6 heteroatoms. The largest absolute Gasteiger partial charge is 0.256 e. The van der Waals surface area contributed by atoms with E-state index in [1.807, 2.05) is 40.2 Å². The number of pyridine rings is 3. The second-order valence-corrected chi connectivity index (χ2v) is 36.6. The molecular weight excluding hydrogens is 1620 g/mol. The Kier molecular flexibility index (Phi) is 18.5. The Morgan fingerprint density at radius 2 is 0.419 bits per heavy atom. The van der Waals surface area contributed by atoms with Crippen molar-refractivity contribution in [2.24, 2.45) is 0 Å². The molecule has 0 aliphatic rings. The van der Waals surface area contributed by atoms with Gasteiger partial charge in [-0.15, -0.1) is 34.0 Å². The quantitative estimate of drug-likeness (QED) is 0.135. The second kappa shape index (κ2) is 31.6. The number of aromatic nitrogens is 3. The lowest BCUT2D eigenvalue weighted by Gasteiger charge is -2.17. The molecule has 0 saturated carbocycles. The van der Waals surface area contributed by atoms with E-state index in [2.05, 4.69) is 449 Å². The molecule has 0 atom stereocenters. The molecule has 21 aromatic carbocycles. The van der Waals surface area contributed by atoms with E-state index in [-0.39, 0.29) is 0 Å². The highest BCUT2D eigenvalue weighted by atomic mass is 32.1. The molecule has 0 aliphatic heterocycles. The molecule has 0 bridgehead atoms. The number of thiophene rings is 3. The van der Waals surface area contributed by atoms with Crippen LogP contribution >= 0.6 is 34.0 Å². The molecule has 0 saturated heterocycles. The molecule has 0 amide bonds. The first kappa shape index (κ1) is 75.6. The van der Waals surface area contributed by atoms with E-state index in [0.717, 1.165) is 44.9 Å². The lowest BCUT2D eigenvalue weighted by molar-refractivity contribution is 1.33. The van der Waals surface area contributed by atoms with Crippen LogP contribution in [0.1, 0.15) is 0 Å². The minimum absolute atomic E-state index is 0.986. The molecule has 129 heavy (non-hydrogen) atoms. The van der Waals surface area contributed by atoms with Gasteiger partial charge in [0.25, 0.3) is 0 Å². The molecule has 6 heterocycles. The van der Waals surface area contributed by atoms with Crippen molar-refractivity contribution in [2.75, 3.05) is 0 Å². The van der Waals surface area contributed by atoms with Crippen molar-refractivity contribution in [1.29, 1.82) is 0 Å². The van der Waals surface area contributed by atoms with E-state index in [0.29, 0.717) is 0 Å². The number of hydrogen-bond acceptors (Lipinski definition) is 6. The third-order valence-electron chi connectivity index (χ3n) is 26.1. The van der Waals surface area contributed by atoms with E-state index in [9.17, 15) is 0 Å². The van der Waals surface area contributed by atoms with E-state index in [4.69, 9.17) is 15.0 Å². The molecule has 27 rings (SSSR count). The van der Waals surface area contributed by atoms with Crippen LogP contribution in [0, 0.1) is 0 Å². The summed E-state index contributed by atoms with van der Waals surface area (Å²) in [5.41, 5.74) is 21.1. The monoisotopic (exact) mass is 1690 g/mol. The Morgan fingerprint density at radius 1 is 0.140 bits per heavy atom. The molecule has 0 fully saturated rings. The van der Waals surface area contributed by atoms with Gasteiger partial charge in [0.15, 0.2) is 0 Å². The average molecular weight is 1690 g/mol. The van der Waals surface area contributed by atoms with Crippen molar-refractivity contribution in [3.05, 3.63) is 455 Å². The van der Waals surface area contributed by atoms with Crippen LogP contribution in [0.2, 0.25) is 0 Å². The van der Waals surface area contributed by atoms with Crippen molar-refractivity contribution >= 4 is 191 Å². The first-order valence-electron chi connectivity index (χ1n) is 43.9. The fourth-order valence-corrected chi connectivity index (χ4v) is 23.8. The second-order valence-electron chi connectivity index (χ2n) is 33.3. The summed E-state index contributed by atoms with van der Waals surface area (Å²) in [6, 6.07) is 158. The fourth-order valence-electron chi connectivity index (χ4n) is 20.4. The average Bonchev–Trinajstić information content (AvgIpc) is 1.74. The van der Waals surface area contributed by atoms with Crippen LogP contribution < -0.4 is 0 Å². The Bertz CT molecular complexity index is 8980. The maximum atomic E-state index is 5.14. The molecule has 0 radical (unpaired) electrons. The van der Waals surface area contributed by atoms with Crippen molar-refractivity contribution in [1.82, 2.24) is 15.0 Å². The Hall–Kier alpha value is -15.9. The molecule has 600 valence electrons. The van der Waals surface area contributed by atoms with Crippen LogP contribution in [0.3, 0.4) is 0 Å². The van der Waals surface area contributed by atoms with Crippen molar-refractivity contribution in [3.63, 3.8) is 0 Å². The van der Waals surface area contributed by atoms with E-state index in [1.165, 1.54) is 213 Å². The van der Waals surface area contributed by atoms with E-state index < -0.39 is 0 Å². The zero-order chi connectivity index (χ0) is 85.0. The molecule has 6 aromatic heterocycles.